The summed E-state index contributed by atoms with van der Waals surface area (Å²) in [4.78, 5) is 27.8. The van der Waals surface area contributed by atoms with E-state index >= 15 is 0 Å². The number of rotatable bonds is 4. The van der Waals surface area contributed by atoms with Crippen LogP contribution in [-0.4, -0.2) is 78.8 Å². The normalized spacial score (nSPS) is 14.9. The first-order valence-corrected chi connectivity index (χ1v) is 11.2. The Morgan fingerprint density at radius 1 is 0.794 bits per heavy atom. The van der Waals surface area contributed by atoms with Crippen molar-refractivity contribution in [3.63, 3.8) is 0 Å². The number of para-hydroxylation sites is 2. The Morgan fingerprint density at radius 2 is 1.35 bits per heavy atom. The average molecular weight is 473 g/mol. The molecule has 0 aliphatic carbocycles. The molecular formula is C25H32N2O7. The second-order valence-electron chi connectivity index (χ2n) is 7.74. The van der Waals surface area contributed by atoms with Gasteiger partial charge in [0.2, 0.25) is 0 Å². The fourth-order valence-corrected chi connectivity index (χ4v) is 3.60. The maximum Gasteiger partial charge on any atom is 0.325 e. The molecule has 9 nitrogen and oxygen atoms in total. The van der Waals surface area contributed by atoms with Gasteiger partial charge in [0.25, 0.3) is 0 Å². The number of aryl methyl sites for hydroxylation is 1. The summed E-state index contributed by atoms with van der Waals surface area (Å²) in [6, 6.07) is 13.4. The Morgan fingerprint density at radius 3 is 1.97 bits per heavy atom. The van der Waals surface area contributed by atoms with Crippen molar-refractivity contribution in [3.8, 4) is 11.5 Å². The van der Waals surface area contributed by atoms with Gasteiger partial charge in [-0.1, -0.05) is 18.2 Å². The summed E-state index contributed by atoms with van der Waals surface area (Å²) in [6.07, 6.45) is 0. The van der Waals surface area contributed by atoms with Crippen LogP contribution in [0.2, 0.25) is 0 Å². The number of anilines is 2. The smallest absolute Gasteiger partial charge is 0.325 e. The van der Waals surface area contributed by atoms with Crippen molar-refractivity contribution >= 4 is 23.3 Å². The topological polar surface area (TPSA) is 86.8 Å². The molecule has 0 saturated carbocycles. The zero-order valence-electron chi connectivity index (χ0n) is 20.0. The minimum atomic E-state index is -0.355. The average Bonchev–Trinajstić information content (AvgIpc) is 2.85. The molecule has 0 N–H and O–H groups in total. The fraction of sp³-hybridized carbons (Fsp3) is 0.440. The molecule has 0 spiro atoms. The van der Waals surface area contributed by atoms with E-state index in [0.717, 1.165) is 16.9 Å². The molecule has 9 heteroatoms. The number of ether oxygens (including phenoxy) is 5. The summed E-state index contributed by atoms with van der Waals surface area (Å²) in [7, 11) is 2.73. The summed E-state index contributed by atoms with van der Waals surface area (Å²) >= 11 is 0. The van der Waals surface area contributed by atoms with E-state index in [1.54, 1.807) is 0 Å². The summed E-state index contributed by atoms with van der Waals surface area (Å²) in [5.41, 5.74) is 2.59. The van der Waals surface area contributed by atoms with Crippen LogP contribution < -0.4 is 19.3 Å². The van der Waals surface area contributed by atoms with E-state index in [9.17, 15) is 9.59 Å². The van der Waals surface area contributed by atoms with Crippen molar-refractivity contribution < 1.29 is 33.3 Å². The van der Waals surface area contributed by atoms with Gasteiger partial charge in [-0.2, -0.15) is 0 Å². The highest BCUT2D eigenvalue weighted by atomic mass is 16.5. The summed E-state index contributed by atoms with van der Waals surface area (Å²) < 4.78 is 27.7. The molecule has 1 aliphatic heterocycles. The number of hydrogen-bond acceptors (Lipinski definition) is 9. The number of fused-ring (bicyclic) bond motifs is 2. The minimum absolute atomic E-state index is 0.0652. The Labute approximate surface area is 200 Å². The molecule has 34 heavy (non-hydrogen) atoms. The standard InChI is InChI=1S/C25H32N2O7/c1-19-8-9-21-23(16-19)34-15-14-33-22-7-5-4-6-20(22)26(17-24(28)30-2)10-12-32-13-11-27(21)18-25(29)31-3/h4-9,16H,10-15,17-18H2,1-3H3. The number of esters is 2. The lowest BCUT2D eigenvalue weighted by atomic mass is 10.2. The molecule has 0 saturated heterocycles. The molecule has 3 rings (SSSR count). The number of methoxy groups -OCH3 is 2. The third-order valence-corrected chi connectivity index (χ3v) is 5.37. The van der Waals surface area contributed by atoms with Crippen molar-refractivity contribution in [2.45, 2.75) is 6.92 Å². The van der Waals surface area contributed by atoms with Crippen molar-refractivity contribution in [3.05, 3.63) is 48.0 Å². The summed E-state index contributed by atoms with van der Waals surface area (Å²) in [5, 5.41) is 0. The van der Waals surface area contributed by atoms with Gasteiger partial charge in [0, 0.05) is 13.1 Å². The zero-order chi connectivity index (χ0) is 24.3. The van der Waals surface area contributed by atoms with Crippen molar-refractivity contribution in [1.29, 1.82) is 0 Å². The minimum Gasteiger partial charge on any atom is -0.488 e. The lowest BCUT2D eigenvalue weighted by Gasteiger charge is -2.26. The maximum absolute atomic E-state index is 12.1. The first kappa shape index (κ1) is 25.2. The monoisotopic (exact) mass is 472 g/mol. The Hall–Kier alpha value is -3.46. The molecule has 0 amide bonds. The van der Waals surface area contributed by atoms with Gasteiger partial charge in [0.15, 0.2) is 0 Å². The molecule has 1 heterocycles. The summed E-state index contributed by atoms with van der Waals surface area (Å²) in [5.74, 6) is 0.586. The third kappa shape index (κ3) is 7.02. The van der Waals surface area contributed by atoms with Gasteiger partial charge in [-0.3, -0.25) is 9.59 Å². The zero-order valence-corrected chi connectivity index (χ0v) is 20.0. The molecule has 0 radical (unpaired) electrons. The number of benzene rings is 2. The van der Waals surface area contributed by atoms with Gasteiger partial charge in [0.1, 0.15) is 37.8 Å². The van der Waals surface area contributed by atoms with Crippen LogP contribution in [0.3, 0.4) is 0 Å². The van der Waals surface area contributed by atoms with Gasteiger partial charge in [-0.25, -0.2) is 0 Å². The highest BCUT2D eigenvalue weighted by Crippen LogP contribution is 2.31. The molecule has 0 atom stereocenters. The van der Waals surface area contributed by atoms with Crippen LogP contribution in [0.15, 0.2) is 42.5 Å². The molecule has 0 aromatic heterocycles. The maximum atomic E-state index is 12.1. The highest BCUT2D eigenvalue weighted by Gasteiger charge is 2.19. The molecular weight excluding hydrogens is 440 g/mol. The van der Waals surface area contributed by atoms with Crippen LogP contribution in [0.4, 0.5) is 11.4 Å². The van der Waals surface area contributed by atoms with E-state index < -0.39 is 0 Å². The van der Waals surface area contributed by atoms with Gasteiger partial charge in [0.05, 0.1) is 38.8 Å². The molecule has 2 aromatic rings. The number of carbonyl (C=O) groups is 2. The van der Waals surface area contributed by atoms with E-state index in [4.69, 9.17) is 23.7 Å². The van der Waals surface area contributed by atoms with Crippen molar-refractivity contribution in [2.24, 2.45) is 0 Å². The first-order valence-electron chi connectivity index (χ1n) is 11.2. The third-order valence-electron chi connectivity index (χ3n) is 5.37. The molecule has 184 valence electrons. The molecule has 2 aromatic carbocycles. The number of nitrogens with zero attached hydrogens (tertiary/aromatic N) is 2. The Kier molecular flexibility index (Phi) is 9.40. The first-order chi connectivity index (χ1) is 16.5. The second-order valence-corrected chi connectivity index (χ2v) is 7.74. The van der Waals surface area contributed by atoms with Crippen molar-refractivity contribution in [1.82, 2.24) is 0 Å². The predicted octanol–water partition coefficient (Wildman–Crippen LogP) is 2.44. The van der Waals surface area contributed by atoms with E-state index in [1.807, 2.05) is 59.2 Å². The SMILES string of the molecule is COC(=O)CN1CCOCCN(CC(=O)OC)c2ccc(C)cc2OCCOc2ccccc21. The van der Waals surface area contributed by atoms with Gasteiger partial charge >= 0.3 is 11.9 Å². The predicted molar refractivity (Wildman–Crippen MR) is 128 cm³/mol. The number of carbonyl (C=O) groups excluding carboxylic acids is 2. The van der Waals surface area contributed by atoms with Gasteiger partial charge < -0.3 is 33.5 Å². The number of hydrogen-bond donors (Lipinski definition) is 0. The van der Waals surface area contributed by atoms with Crippen LogP contribution in [0.25, 0.3) is 0 Å². The van der Waals surface area contributed by atoms with E-state index in [0.29, 0.717) is 51.0 Å². The van der Waals surface area contributed by atoms with Crippen LogP contribution in [0.1, 0.15) is 5.56 Å². The molecule has 0 bridgehead atoms. The van der Waals surface area contributed by atoms with Crippen LogP contribution in [0.5, 0.6) is 11.5 Å². The van der Waals surface area contributed by atoms with Gasteiger partial charge in [-0.15, -0.1) is 0 Å². The Balaban J connectivity index is 1.85. The van der Waals surface area contributed by atoms with E-state index in [2.05, 4.69) is 0 Å². The molecule has 0 unspecified atom stereocenters. The van der Waals surface area contributed by atoms with Crippen LogP contribution in [-0.2, 0) is 23.8 Å². The van der Waals surface area contributed by atoms with Gasteiger partial charge in [-0.05, 0) is 36.8 Å². The summed E-state index contributed by atoms with van der Waals surface area (Å²) in [6.45, 7) is 4.36. The van der Waals surface area contributed by atoms with Crippen LogP contribution in [0, 0.1) is 6.92 Å². The van der Waals surface area contributed by atoms with Crippen molar-refractivity contribution in [2.75, 3.05) is 76.6 Å². The Bertz CT molecular complexity index is 966. The molecule has 1 aliphatic rings. The lowest BCUT2D eigenvalue weighted by molar-refractivity contribution is -0.139. The van der Waals surface area contributed by atoms with Crippen LogP contribution >= 0.6 is 0 Å². The molecule has 0 fully saturated rings. The highest BCUT2D eigenvalue weighted by molar-refractivity contribution is 5.77. The lowest BCUT2D eigenvalue weighted by Crippen LogP contribution is -2.36. The van der Waals surface area contributed by atoms with E-state index in [1.165, 1.54) is 14.2 Å². The second kappa shape index (κ2) is 12.7. The quantitative estimate of drug-likeness (QED) is 0.623. The largest absolute Gasteiger partial charge is 0.488 e. The van der Waals surface area contributed by atoms with E-state index in [-0.39, 0.29) is 25.0 Å². The fourth-order valence-electron chi connectivity index (χ4n) is 3.60.